The van der Waals surface area contributed by atoms with Crippen molar-refractivity contribution in [2.45, 2.75) is 69.5 Å². The Morgan fingerprint density at radius 2 is 1.32 bits per heavy atom. The van der Waals surface area contributed by atoms with Gasteiger partial charge < -0.3 is 9.47 Å². The minimum Gasteiger partial charge on any atom is -0.463 e. The van der Waals surface area contributed by atoms with Crippen LogP contribution in [-0.4, -0.2) is 56.5 Å². The van der Waals surface area contributed by atoms with Gasteiger partial charge in [0.1, 0.15) is 0 Å². The molecule has 0 aromatic heterocycles. The standard InChI is InChI=1S/C15H20F8O4Si/c1-5-10(28(2,3)4)26-8(24)6-7-9(25)27-13(19)15(22,23)14(20,21)11(16)12(17)18/h6-7,10-13H,5H2,1-4H3. The SMILES string of the molecule is CCC(OC(=O)C=CC(=O)OC(F)C(F)(F)C(F)(F)C(F)C(F)F)[Si](C)(C)C. The van der Waals surface area contributed by atoms with Crippen molar-refractivity contribution in [1.29, 1.82) is 0 Å². The van der Waals surface area contributed by atoms with Crippen LogP contribution in [0, 0.1) is 0 Å². The van der Waals surface area contributed by atoms with E-state index < -0.39 is 56.5 Å². The molecule has 164 valence electrons. The summed E-state index contributed by atoms with van der Waals surface area (Å²) in [4.78, 5) is 22.8. The van der Waals surface area contributed by atoms with Crippen LogP contribution in [-0.2, 0) is 19.1 Å². The fourth-order valence-corrected chi connectivity index (χ4v) is 3.59. The van der Waals surface area contributed by atoms with Crippen molar-refractivity contribution >= 4 is 20.0 Å². The van der Waals surface area contributed by atoms with E-state index in [0.29, 0.717) is 12.5 Å². The molecule has 13 heteroatoms. The number of ether oxygens (including phenoxy) is 2. The lowest BCUT2D eigenvalue weighted by atomic mass is 10.1. The number of carbonyl (C=O) groups excluding carboxylic acids is 2. The second-order valence-corrected chi connectivity index (χ2v) is 12.1. The van der Waals surface area contributed by atoms with Crippen LogP contribution in [0.15, 0.2) is 12.2 Å². The summed E-state index contributed by atoms with van der Waals surface area (Å²) >= 11 is 0. The molecule has 0 bridgehead atoms. The number of esters is 2. The predicted molar refractivity (Wildman–Crippen MR) is 84.4 cm³/mol. The van der Waals surface area contributed by atoms with E-state index in [-0.39, 0.29) is 6.08 Å². The van der Waals surface area contributed by atoms with Crippen molar-refractivity contribution in [2.75, 3.05) is 0 Å². The van der Waals surface area contributed by atoms with Gasteiger partial charge in [-0.25, -0.2) is 22.8 Å². The van der Waals surface area contributed by atoms with E-state index in [1.807, 2.05) is 19.6 Å². The van der Waals surface area contributed by atoms with Gasteiger partial charge in [-0.1, -0.05) is 26.6 Å². The third-order valence-electron chi connectivity index (χ3n) is 3.47. The summed E-state index contributed by atoms with van der Waals surface area (Å²) in [7, 11) is -1.93. The summed E-state index contributed by atoms with van der Waals surface area (Å²) in [5.74, 6) is -15.3. The van der Waals surface area contributed by atoms with Crippen LogP contribution in [0.25, 0.3) is 0 Å². The Kier molecular flexibility index (Phi) is 9.12. The number of rotatable bonds is 10. The summed E-state index contributed by atoms with van der Waals surface area (Å²) in [5, 5.41) is 0. The molecule has 3 atom stereocenters. The fraction of sp³-hybridized carbons (Fsp3) is 0.733. The zero-order valence-corrected chi connectivity index (χ0v) is 16.3. The van der Waals surface area contributed by atoms with E-state index in [1.165, 1.54) is 0 Å². The molecular weight excluding hydrogens is 424 g/mol. The van der Waals surface area contributed by atoms with Crippen molar-refractivity contribution in [3.05, 3.63) is 12.2 Å². The number of alkyl halides is 8. The number of halogens is 8. The lowest BCUT2D eigenvalue weighted by Crippen LogP contribution is -2.56. The Morgan fingerprint density at radius 1 is 0.893 bits per heavy atom. The Bertz CT molecular complexity index is 577. The molecule has 0 N–H and O–H groups in total. The van der Waals surface area contributed by atoms with Crippen molar-refractivity contribution < 1.29 is 54.2 Å². The van der Waals surface area contributed by atoms with Crippen LogP contribution in [0.4, 0.5) is 35.1 Å². The molecular formula is C15H20F8O4Si. The van der Waals surface area contributed by atoms with Crippen molar-refractivity contribution in [2.24, 2.45) is 0 Å². The topological polar surface area (TPSA) is 52.6 Å². The lowest BCUT2D eigenvalue weighted by Gasteiger charge is -2.30. The van der Waals surface area contributed by atoms with E-state index >= 15 is 0 Å². The Hall–Kier alpha value is -1.66. The third-order valence-corrected chi connectivity index (χ3v) is 5.93. The highest BCUT2D eigenvalue weighted by Gasteiger charge is 2.70. The monoisotopic (exact) mass is 444 g/mol. The third kappa shape index (κ3) is 6.74. The van der Waals surface area contributed by atoms with E-state index in [9.17, 15) is 44.7 Å². The summed E-state index contributed by atoms with van der Waals surface area (Å²) in [6.07, 6.45) is -12.7. The molecule has 0 rings (SSSR count). The molecule has 0 saturated heterocycles. The first kappa shape index (κ1) is 26.3. The van der Waals surface area contributed by atoms with Crippen molar-refractivity contribution in [3.8, 4) is 0 Å². The van der Waals surface area contributed by atoms with Gasteiger partial charge in [0, 0.05) is 12.2 Å². The predicted octanol–water partition coefficient (Wildman–Crippen LogP) is 4.45. The summed E-state index contributed by atoms with van der Waals surface area (Å²) < 4.78 is 111. The van der Waals surface area contributed by atoms with Gasteiger partial charge in [-0.05, 0) is 6.42 Å². The quantitative estimate of drug-likeness (QED) is 0.216. The number of carbonyl (C=O) groups is 2. The second-order valence-electron chi connectivity index (χ2n) is 6.77. The molecule has 0 spiro atoms. The molecule has 0 amide bonds. The smallest absolute Gasteiger partial charge is 0.378 e. The zero-order valence-electron chi connectivity index (χ0n) is 15.3. The molecule has 0 aromatic rings. The molecule has 0 fully saturated rings. The van der Waals surface area contributed by atoms with E-state index in [1.54, 1.807) is 6.92 Å². The van der Waals surface area contributed by atoms with Gasteiger partial charge in [-0.2, -0.15) is 22.0 Å². The summed E-state index contributed by atoms with van der Waals surface area (Å²) in [6, 6.07) is 0. The Labute approximate surface area is 156 Å². The molecule has 0 aliphatic heterocycles. The minimum absolute atomic E-state index is 0.125. The fourth-order valence-electron chi connectivity index (χ4n) is 1.90. The largest absolute Gasteiger partial charge is 0.463 e. The van der Waals surface area contributed by atoms with Crippen LogP contribution in [0.2, 0.25) is 19.6 Å². The number of hydrogen-bond acceptors (Lipinski definition) is 4. The molecule has 0 aliphatic rings. The first-order valence-electron chi connectivity index (χ1n) is 7.89. The van der Waals surface area contributed by atoms with Gasteiger partial charge in [0.25, 0.3) is 6.43 Å². The van der Waals surface area contributed by atoms with Gasteiger partial charge in [-0.15, -0.1) is 0 Å². The maximum absolute atomic E-state index is 13.3. The van der Waals surface area contributed by atoms with Gasteiger partial charge in [-0.3, -0.25) is 0 Å². The molecule has 4 nitrogen and oxygen atoms in total. The highest BCUT2D eigenvalue weighted by molar-refractivity contribution is 6.77. The van der Waals surface area contributed by atoms with Gasteiger partial charge >= 0.3 is 30.1 Å². The van der Waals surface area contributed by atoms with E-state index in [0.717, 1.165) is 0 Å². The highest BCUT2D eigenvalue weighted by Crippen LogP contribution is 2.44. The van der Waals surface area contributed by atoms with Crippen LogP contribution in [0.5, 0.6) is 0 Å². The average molecular weight is 444 g/mol. The van der Waals surface area contributed by atoms with E-state index in [2.05, 4.69) is 4.74 Å². The molecule has 3 unspecified atom stereocenters. The highest BCUT2D eigenvalue weighted by atomic mass is 28.3. The van der Waals surface area contributed by atoms with Gasteiger partial charge in [0.2, 0.25) is 6.17 Å². The average Bonchev–Trinajstić information content (AvgIpc) is 2.55. The van der Waals surface area contributed by atoms with Crippen LogP contribution in [0.1, 0.15) is 13.3 Å². The normalized spacial score (nSPS) is 16.8. The molecule has 0 radical (unpaired) electrons. The first-order chi connectivity index (χ1) is 12.5. The maximum atomic E-state index is 13.3. The summed E-state index contributed by atoms with van der Waals surface area (Å²) in [6.45, 7) is 7.35. The zero-order chi connectivity index (χ0) is 22.5. The van der Waals surface area contributed by atoms with Gasteiger partial charge in [0.05, 0.1) is 13.8 Å². The first-order valence-corrected chi connectivity index (χ1v) is 11.5. The molecule has 0 aromatic carbocycles. The van der Waals surface area contributed by atoms with E-state index in [4.69, 9.17) is 4.74 Å². The van der Waals surface area contributed by atoms with Crippen molar-refractivity contribution in [3.63, 3.8) is 0 Å². The van der Waals surface area contributed by atoms with Crippen LogP contribution >= 0.6 is 0 Å². The number of hydrogen-bond donors (Lipinski definition) is 0. The molecule has 0 heterocycles. The van der Waals surface area contributed by atoms with Gasteiger partial charge in [0.15, 0.2) is 0 Å². The molecule has 28 heavy (non-hydrogen) atoms. The Morgan fingerprint density at radius 3 is 1.68 bits per heavy atom. The second kappa shape index (κ2) is 9.70. The molecule has 0 aliphatic carbocycles. The van der Waals surface area contributed by atoms with Crippen molar-refractivity contribution in [1.82, 2.24) is 0 Å². The van der Waals surface area contributed by atoms with Crippen LogP contribution < -0.4 is 0 Å². The lowest BCUT2D eigenvalue weighted by molar-refractivity contribution is -0.312. The molecule has 0 saturated carbocycles. The van der Waals surface area contributed by atoms with Crippen LogP contribution in [0.3, 0.4) is 0 Å². The summed E-state index contributed by atoms with van der Waals surface area (Å²) in [5.41, 5.74) is -0.464. The minimum atomic E-state index is -6.16. The Balaban J connectivity index is 5.03. The maximum Gasteiger partial charge on any atom is 0.378 e.